The van der Waals surface area contributed by atoms with Crippen LogP contribution in [0.1, 0.15) is 13.8 Å². The maximum absolute atomic E-state index is 8.35. The van der Waals surface area contributed by atoms with Gasteiger partial charge >= 0.3 is 0 Å². The summed E-state index contributed by atoms with van der Waals surface area (Å²) in [6, 6.07) is 9.84. The maximum atomic E-state index is 8.35. The molecule has 0 aliphatic carbocycles. The van der Waals surface area contributed by atoms with Gasteiger partial charge in [0.05, 0.1) is 6.10 Å². The molecule has 13 heavy (non-hydrogen) atoms. The van der Waals surface area contributed by atoms with Crippen molar-refractivity contribution in [3.05, 3.63) is 30.3 Å². The molecule has 0 atom stereocenters. The molecule has 1 rings (SSSR count). The highest BCUT2D eigenvalue weighted by Crippen LogP contribution is 2.09. The molecule has 0 spiro atoms. The van der Waals surface area contributed by atoms with Gasteiger partial charge in [-0.3, -0.25) is 0 Å². The van der Waals surface area contributed by atoms with Crippen molar-refractivity contribution in [1.29, 1.82) is 5.41 Å². The lowest BCUT2D eigenvalue weighted by molar-refractivity contribution is 0.242. The van der Waals surface area contributed by atoms with Crippen LogP contribution in [0.15, 0.2) is 30.3 Å². The van der Waals surface area contributed by atoms with E-state index in [1.54, 1.807) is 0 Å². The van der Waals surface area contributed by atoms with Crippen LogP contribution in [0.25, 0.3) is 0 Å². The van der Waals surface area contributed by atoms with Gasteiger partial charge in [-0.1, -0.05) is 18.2 Å². The van der Waals surface area contributed by atoms with Gasteiger partial charge in [-0.2, -0.15) is 0 Å². The third kappa shape index (κ3) is 6.78. The van der Waals surface area contributed by atoms with Crippen LogP contribution in [0.4, 0.5) is 0 Å². The minimum atomic E-state index is 0.266. The van der Waals surface area contributed by atoms with Crippen molar-refractivity contribution in [2.45, 2.75) is 20.0 Å². The summed E-state index contributed by atoms with van der Waals surface area (Å²) in [5.41, 5.74) is 0. The Balaban J connectivity index is 0.000000424. The minimum absolute atomic E-state index is 0.266. The molecular weight excluding hydrogens is 166 g/mol. The van der Waals surface area contributed by atoms with Crippen molar-refractivity contribution in [3.8, 4) is 5.75 Å². The van der Waals surface area contributed by atoms with E-state index in [1.165, 1.54) is 0 Å². The van der Waals surface area contributed by atoms with Crippen LogP contribution in [0.3, 0.4) is 0 Å². The molecule has 0 amide bonds. The fourth-order valence-electron chi connectivity index (χ4n) is 0.771. The molecule has 3 nitrogen and oxygen atoms in total. The largest absolute Gasteiger partial charge is 0.491 e. The molecule has 1 aromatic rings. The molecule has 3 heteroatoms. The standard InChI is InChI=1S/C9H12O.CHNO/c1-8(2)10-9-6-4-3-5-7-9;2-1-3/h3-8H,1-2H3;2H. The Kier molecular flexibility index (Phi) is 6.20. The van der Waals surface area contributed by atoms with Gasteiger partial charge in [0, 0.05) is 0 Å². The van der Waals surface area contributed by atoms with Crippen molar-refractivity contribution in [3.63, 3.8) is 0 Å². The van der Waals surface area contributed by atoms with Crippen LogP contribution >= 0.6 is 0 Å². The first-order valence-electron chi connectivity index (χ1n) is 3.96. The quantitative estimate of drug-likeness (QED) is 0.559. The molecule has 0 aromatic heterocycles. The third-order valence-corrected chi connectivity index (χ3v) is 1.11. The van der Waals surface area contributed by atoms with Gasteiger partial charge in [0.15, 0.2) is 0 Å². The third-order valence-electron chi connectivity index (χ3n) is 1.11. The topological polar surface area (TPSA) is 50.1 Å². The number of nitrogens with one attached hydrogen (secondary N) is 1. The van der Waals surface area contributed by atoms with Crippen LogP contribution in [-0.4, -0.2) is 12.2 Å². The molecule has 0 fully saturated rings. The Hall–Kier alpha value is -1.60. The second-order valence-corrected chi connectivity index (χ2v) is 2.58. The fraction of sp³-hybridized carbons (Fsp3) is 0.300. The van der Waals surface area contributed by atoms with Crippen molar-refractivity contribution in [2.24, 2.45) is 0 Å². The van der Waals surface area contributed by atoms with Crippen molar-refractivity contribution in [2.75, 3.05) is 0 Å². The molecule has 1 aromatic carbocycles. The number of ether oxygens (including phenoxy) is 1. The SMILES string of the molecule is CC(C)Oc1ccccc1.N=C=O. The van der Waals surface area contributed by atoms with Gasteiger partial charge in [0.25, 0.3) is 0 Å². The number of hydrogen-bond acceptors (Lipinski definition) is 3. The number of hydrogen-bond donors (Lipinski definition) is 1. The molecule has 70 valence electrons. The van der Waals surface area contributed by atoms with Crippen LogP contribution in [0, 0.1) is 5.41 Å². The normalized spacial score (nSPS) is 8.23. The Morgan fingerprint density at radius 3 is 2.15 bits per heavy atom. The second-order valence-electron chi connectivity index (χ2n) is 2.58. The van der Waals surface area contributed by atoms with Gasteiger partial charge in [-0.25, -0.2) is 10.2 Å². The number of benzene rings is 1. The van der Waals surface area contributed by atoms with E-state index in [4.69, 9.17) is 14.9 Å². The highest BCUT2D eigenvalue weighted by atomic mass is 16.5. The van der Waals surface area contributed by atoms with Crippen LogP contribution in [0.5, 0.6) is 5.75 Å². The molecule has 0 aliphatic rings. The molecule has 0 radical (unpaired) electrons. The smallest absolute Gasteiger partial charge is 0.231 e. The van der Waals surface area contributed by atoms with Crippen LogP contribution in [-0.2, 0) is 4.79 Å². The van der Waals surface area contributed by atoms with Gasteiger partial charge in [0.2, 0.25) is 6.08 Å². The Morgan fingerprint density at radius 2 is 1.77 bits per heavy atom. The number of para-hydroxylation sites is 1. The molecule has 0 unspecified atom stereocenters. The summed E-state index contributed by atoms with van der Waals surface area (Å²) >= 11 is 0. The van der Waals surface area contributed by atoms with E-state index in [0.29, 0.717) is 0 Å². The minimum Gasteiger partial charge on any atom is -0.491 e. The van der Waals surface area contributed by atoms with E-state index in [-0.39, 0.29) is 6.10 Å². The maximum Gasteiger partial charge on any atom is 0.231 e. The highest BCUT2D eigenvalue weighted by Gasteiger charge is 1.92. The summed E-state index contributed by atoms with van der Waals surface area (Å²) in [6.07, 6.45) is 1.02. The first-order chi connectivity index (χ1) is 6.20. The van der Waals surface area contributed by atoms with Crippen molar-refractivity contribution in [1.82, 2.24) is 0 Å². The fourth-order valence-corrected chi connectivity index (χ4v) is 0.771. The summed E-state index contributed by atoms with van der Waals surface area (Å²) in [4.78, 5) is 8.35. The summed E-state index contributed by atoms with van der Waals surface area (Å²) in [5.74, 6) is 0.942. The number of carbonyl (C=O) groups excluding carboxylic acids is 1. The first-order valence-corrected chi connectivity index (χ1v) is 3.96. The molecular formula is C10H13NO2. The highest BCUT2D eigenvalue weighted by molar-refractivity contribution is 5.26. The molecule has 0 heterocycles. The van der Waals surface area contributed by atoms with Gasteiger partial charge in [-0.15, -0.1) is 0 Å². The van der Waals surface area contributed by atoms with Gasteiger partial charge in [-0.05, 0) is 26.0 Å². The lowest BCUT2D eigenvalue weighted by Gasteiger charge is -2.07. The summed E-state index contributed by atoms with van der Waals surface area (Å²) in [5, 5.41) is 5.40. The van der Waals surface area contributed by atoms with E-state index in [9.17, 15) is 0 Å². The number of rotatable bonds is 2. The zero-order chi connectivity index (χ0) is 10.1. The first kappa shape index (κ1) is 11.4. The summed E-state index contributed by atoms with van der Waals surface area (Å²) < 4.78 is 5.41. The molecule has 0 saturated carbocycles. The zero-order valence-corrected chi connectivity index (χ0v) is 7.78. The van der Waals surface area contributed by atoms with E-state index < -0.39 is 0 Å². The Morgan fingerprint density at radius 1 is 1.31 bits per heavy atom. The molecule has 1 N–H and O–H groups in total. The lowest BCUT2D eigenvalue weighted by atomic mass is 10.3. The van der Waals surface area contributed by atoms with E-state index in [0.717, 1.165) is 11.8 Å². The predicted octanol–water partition coefficient (Wildman–Crippen LogP) is 2.37. The van der Waals surface area contributed by atoms with Gasteiger partial charge < -0.3 is 4.74 Å². The zero-order valence-electron chi connectivity index (χ0n) is 7.78. The predicted molar refractivity (Wildman–Crippen MR) is 50.6 cm³/mol. The number of isocyanates is 1. The van der Waals surface area contributed by atoms with Crippen LogP contribution < -0.4 is 4.74 Å². The van der Waals surface area contributed by atoms with E-state index in [2.05, 4.69) is 0 Å². The van der Waals surface area contributed by atoms with E-state index >= 15 is 0 Å². The monoisotopic (exact) mass is 179 g/mol. The average Bonchev–Trinajstić information content (AvgIpc) is 2.06. The molecule has 0 aliphatic heterocycles. The Bertz CT molecular complexity index is 251. The summed E-state index contributed by atoms with van der Waals surface area (Å²) in [7, 11) is 0. The van der Waals surface area contributed by atoms with Crippen LogP contribution in [0.2, 0.25) is 0 Å². The van der Waals surface area contributed by atoms with E-state index in [1.807, 2.05) is 44.2 Å². The molecule has 0 saturated heterocycles. The van der Waals surface area contributed by atoms with Gasteiger partial charge in [0.1, 0.15) is 5.75 Å². The van der Waals surface area contributed by atoms with Crippen molar-refractivity contribution < 1.29 is 9.53 Å². The molecule has 0 bridgehead atoms. The average molecular weight is 179 g/mol. The van der Waals surface area contributed by atoms with Crippen molar-refractivity contribution >= 4 is 6.08 Å². The summed E-state index contributed by atoms with van der Waals surface area (Å²) in [6.45, 7) is 4.04. The second kappa shape index (κ2) is 7.07. The lowest BCUT2D eigenvalue weighted by Crippen LogP contribution is -2.04. The Labute approximate surface area is 77.9 Å².